The van der Waals surface area contributed by atoms with Crippen LogP contribution >= 0.6 is 0 Å². The van der Waals surface area contributed by atoms with E-state index in [2.05, 4.69) is 15.3 Å². The highest BCUT2D eigenvalue weighted by molar-refractivity contribution is 5.68. The number of rotatable bonds is 6. The smallest absolute Gasteiger partial charge is 0.346 e. The minimum atomic E-state index is -1.15. The molecule has 0 radical (unpaired) electrons. The lowest BCUT2D eigenvalue weighted by atomic mass is 10.1. The van der Waals surface area contributed by atoms with Gasteiger partial charge in [-0.25, -0.2) is 9.78 Å². The number of nitrogens with one attached hydrogen (secondary N) is 2. The Kier molecular flexibility index (Phi) is 6.67. The number of ether oxygens (including phenoxy) is 4. The molecule has 150 valence electrons. The van der Waals surface area contributed by atoms with E-state index in [9.17, 15) is 19.2 Å². The van der Waals surface area contributed by atoms with Gasteiger partial charge in [-0.2, -0.15) is 5.26 Å². The van der Waals surface area contributed by atoms with Gasteiger partial charge in [-0.05, 0) is 0 Å². The summed E-state index contributed by atoms with van der Waals surface area (Å²) in [4.78, 5) is 51.4. The van der Waals surface area contributed by atoms with E-state index in [-0.39, 0.29) is 18.0 Å². The van der Waals surface area contributed by atoms with Crippen molar-refractivity contribution in [2.75, 3.05) is 11.9 Å². The molecule has 0 saturated carbocycles. The molecule has 2 rings (SSSR count). The van der Waals surface area contributed by atoms with Crippen LogP contribution in [0.1, 0.15) is 26.3 Å². The monoisotopic (exact) mass is 394 g/mol. The van der Waals surface area contributed by atoms with Gasteiger partial charge in [0, 0.05) is 20.8 Å². The summed E-state index contributed by atoms with van der Waals surface area (Å²) in [6.45, 7) is 3.22. The van der Waals surface area contributed by atoms with Crippen molar-refractivity contribution in [1.82, 2.24) is 9.97 Å². The van der Waals surface area contributed by atoms with Gasteiger partial charge in [0.15, 0.2) is 18.4 Å². The maximum Gasteiger partial charge on any atom is 0.346 e. The lowest BCUT2D eigenvalue weighted by Crippen LogP contribution is -2.43. The second-order valence-electron chi connectivity index (χ2n) is 5.78. The average Bonchev–Trinajstić information content (AvgIpc) is 2.89. The van der Waals surface area contributed by atoms with Crippen molar-refractivity contribution in [3.05, 3.63) is 22.2 Å². The van der Waals surface area contributed by atoms with Crippen LogP contribution in [-0.4, -0.2) is 59.0 Å². The van der Waals surface area contributed by atoms with Crippen LogP contribution in [0.3, 0.4) is 0 Å². The normalized spacial score (nSPS) is 23.4. The fourth-order valence-corrected chi connectivity index (χ4v) is 2.57. The summed E-state index contributed by atoms with van der Waals surface area (Å²) in [6.07, 6.45) is -3.29. The molecule has 2 N–H and O–H groups in total. The van der Waals surface area contributed by atoms with E-state index < -0.39 is 48.1 Å². The molecule has 0 spiro atoms. The Balaban J connectivity index is 2.34. The number of hydrogen-bond acceptors (Lipinski definition) is 11. The second kappa shape index (κ2) is 8.96. The Morgan fingerprint density at radius 1 is 1.21 bits per heavy atom. The minimum absolute atomic E-state index is 0.00255. The number of H-pyrrole nitrogens is 1. The molecule has 12 nitrogen and oxygen atoms in total. The predicted octanol–water partition coefficient (Wildman–Crippen LogP) is -0.795. The lowest BCUT2D eigenvalue weighted by Gasteiger charge is -2.24. The van der Waals surface area contributed by atoms with Gasteiger partial charge in [0.05, 0.1) is 6.20 Å². The third-order valence-electron chi connectivity index (χ3n) is 3.58. The zero-order chi connectivity index (χ0) is 20.8. The van der Waals surface area contributed by atoms with Gasteiger partial charge in [-0.3, -0.25) is 19.4 Å². The largest absolute Gasteiger partial charge is 0.463 e. The van der Waals surface area contributed by atoms with Crippen molar-refractivity contribution < 1.29 is 33.3 Å². The number of nitrogens with zero attached hydrogens (tertiary/aromatic N) is 2. The first-order chi connectivity index (χ1) is 13.2. The molecule has 0 aliphatic carbocycles. The van der Waals surface area contributed by atoms with Crippen LogP contribution in [0.25, 0.3) is 0 Å². The van der Waals surface area contributed by atoms with Crippen molar-refractivity contribution in [2.24, 2.45) is 0 Å². The Bertz CT molecular complexity index is 861. The number of aromatic amines is 1. The molecule has 0 amide bonds. The Morgan fingerprint density at radius 2 is 1.86 bits per heavy atom. The van der Waals surface area contributed by atoms with Gasteiger partial charge in [0.25, 0.3) is 0 Å². The predicted molar refractivity (Wildman–Crippen MR) is 89.6 cm³/mol. The van der Waals surface area contributed by atoms with Gasteiger partial charge in [-0.1, -0.05) is 0 Å². The molecule has 1 aromatic rings. The molecular formula is C16H18N4O8. The fourth-order valence-electron chi connectivity index (χ4n) is 2.57. The molecule has 2 heterocycles. The number of carbonyl (C=O) groups excluding carboxylic acids is 3. The zero-order valence-corrected chi connectivity index (χ0v) is 15.3. The van der Waals surface area contributed by atoms with E-state index in [1.165, 1.54) is 6.92 Å². The van der Waals surface area contributed by atoms with Gasteiger partial charge >= 0.3 is 23.6 Å². The zero-order valence-electron chi connectivity index (χ0n) is 15.3. The van der Waals surface area contributed by atoms with Crippen molar-refractivity contribution in [1.29, 1.82) is 5.26 Å². The van der Waals surface area contributed by atoms with E-state index in [1.807, 2.05) is 6.07 Å². The van der Waals surface area contributed by atoms with Gasteiger partial charge in [-0.15, -0.1) is 0 Å². The third kappa shape index (κ3) is 5.27. The van der Waals surface area contributed by atoms with E-state index in [0.29, 0.717) is 0 Å². The SMILES string of the molecule is CC(=O)OC[C@H]1O[C@@H](Nc2[nH]c(=O)ncc2C#N)[C@H](OC(C)=O)[C@H]1OC(C)=O. The van der Waals surface area contributed by atoms with Crippen LogP contribution in [-0.2, 0) is 33.3 Å². The maximum absolute atomic E-state index is 11.5. The third-order valence-corrected chi connectivity index (χ3v) is 3.58. The second-order valence-corrected chi connectivity index (χ2v) is 5.78. The minimum Gasteiger partial charge on any atom is -0.463 e. The average molecular weight is 394 g/mol. The molecule has 1 aliphatic heterocycles. The highest BCUT2D eigenvalue weighted by atomic mass is 16.7. The first kappa shape index (κ1) is 20.8. The Morgan fingerprint density at radius 3 is 2.43 bits per heavy atom. The van der Waals surface area contributed by atoms with Crippen LogP contribution in [0.15, 0.2) is 11.0 Å². The summed E-state index contributed by atoms with van der Waals surface area (Å²) < 4.78 is 21.0. The molecule has 12 heteroatoms. The van der Waals surface area contributed by atoms with Crippen LogP contribution in [0.4, 0.5) is 5.82 Å². The molecule has 1 fully saturated rings. The highest BCUT2D eigenvalue weighted by Gasteiger charge is 2.50. The topological polar surface area (TPSA) is 170 Å². The number of carbonyl (C=O) groups is 3. The van der Waals surface area contributed by atoms with Crippen LogP contribution in [0.2, 0.25) is 0 Å². The lowest BCUT2D eigenvalue weighted by molar-refractivity contribution is -0.165. The summed E-state index contributed by atoms with van der Waals surface area (Å²) >= 11 is 0. The molecule has 0 unspecified atom stereocenters. The molecule has 4 atom stereocenters. The molecule has 1 aliphatic rings. The standard InChI is InChI=1S/C16H18N4O8/c1-7(21)25-6-11-12(26-8(2)22)13(27-9(3)23)15(28-11)19-14-10(4-17)5-18-16(24)20-14/h5,11-13,15H,6H2,1-3H3,(H2,18,19,20,24)/t11-,12+,13-,15-/m1/s1. The molecule has 1 saturated heterocycles. The van der Waals surface area contributed by atoms with Crippen molar-refractivity contribution >= 4 is 23.7 Å². The summed E-state index contributed by atoms with van der Waals surface area (Å²) in [5, 5.41) is 11.9. The maximum atomic E-state index is 11.5. The molecular weight excluding hydrogens is 376 g/mol. The number of anilines is 1. The number of nitriles is 1. The van der Waals surface area contributed by atoms with Crippen LogP contribution in [0, 0.1) is 11.3 Å². The summed E-state index contributed by atoms with van der Waals surface area (Å²) in [7, 11) is 0. The highest BCUT2D eigenvalue weighted by Crippen LogP contribution is 2.28. The summed E-state index contributed by atoms with van der Waals surface area (Å²) in [6, 6.07) is 1.83. The number of esters is 3. The molecule has 0 bridgehead atoms. The van der Waals surface area contributed by atoms with Crippen molar-refractivity contribution in [3.63, 3.8) is 0 Å². The van der Waals surface area contributed by atoms with Gasteiger partial charge in [0.1, 0.15) is 30.2 Å². The molecule has 1 aromatic heterocycles. The van der Waals surface area contributed by atoms with E-state index >= 15 is 0 Å². The number of hydrogen-bond donors (Lipinski definition) is 2. The fraction of sp³-hybridized carbons (Fsp3) is 0.500. The van der Waals surface area contributed by atoms with Crippen LogP contribution < -0.4 is 11.0 Å². The quantitative estimate of drug-likeness (QED) is 0.457. The molecule has 28 heavy (non-hydrogen) atoms. The van der Waals surface area contributed by atoms with Gasteiger partial charge < -0.3 is 24.3 Å². The Hall–Kier alpha value is -3.46. The summed E-state index contributed by atoms with van der Waals surface area (Å²) in [5.41, 5.74) is -0.728. The first-order valence-electron chi connectivity index (χ1n) is 8.10. The van der Waals surface area contributed by atoms with Crippen molar-refractivity contribution in [3.8, 4) is 6.07 Å². The Labute approximate surface area is 158 Å². The number of aromatic nitrogens is 2. The van der Waals surface area contributed by atoms with E-state index in [1.54, 1.807) is 0 Å². The first-order valence-corrected chi connectivity index (χ1v) is 8.10. The molecule has 0 aromatic carbocycles. The van der Waals surface area contributed by atoms with Gasteiger partial charge in [0.2, 0.25) is 0 Å². The van der Waals surface area contributed by atoms with E-state index in [4.69, 9.17) is 24.2 Å². The van der Waals surface area contributed by atoms with E-state index in [0.717, 1.165) is 20.0 Å². The van der Waals surface area contributed by atoms with Crippen LogP contribution in [0.5, 0.6) is 0 Å². The van der Waals surface area contributed by atoms with Crippen molar-refractivity contribution in [2.45, 2.75) is 45.3 Å². The summed E-state index contributed by atoms with van der Waals surface area (Å²) in [5.74, 6) is -1.97.